The lowest BCUT2D eigenvalue weighted by Crippen LogP contribution is -2.52. The van der Waals surface area contributed by atoms with Crippen LogP contribution < -0.4 is 5.32 Å². The molecule has 0 spiro atoms. The van der Waals surface area contributed by atoms with E-state index in [1.807, 2.05) is 45.0 Å². The summed E-state index contributed by atoms with van der Waals surface area (Å²) >= 11 is 0. The number of benzene rings is 2. The summed E-state index contributed by atoms with van der Waals surface area (Å²) in [6, 6.07) is 16.1. The van der Waals surface area contributed by atoms with Gasteiger partial charge in [-0.3, -0.25) is 0 Å². The van der Waals surface area contributed by atoms with Gasteiger partial charge >= 0.3 is 6.03 Å². The second kappa shape index (κ2) is 9.80. The number of piperazine rings is 1. The Hall–Kier alpha value is -2.42. The Bertz CT molecular complexity index is 979. The number of nitrogens with zero attached hydrogens (tertiary/aromatic N) is 2. The minimum atomic E-state index is -3.52. The molecule has 1 aliphatic rings. The van der Waals surface area contributed by atoms with Gasteiger partial charge in [0.05, 0.1) is 17.1 Å². The van der Waals surface area contributed by atoms with Gasteiger partial charge in [-0.25, -0.2) is 13.2 Å². The molecule has 1 heterocycles. The number of sulfonamides is 1. The molecule has 0 unspecified atom stereocenters. The van der Waals surface area contributed by atoms with Gasteiger partial charge in [-0.1, -0.05) is 42.5 Å². The molecule has 0 bridgehead atoms. The molecule has 2 amide bonds. The molecule has 1 fully saturated rings. The maximum atomic E-state index is 12.7. The molecule has 1 saturated heterocycles. The third-order valence-electron chi connectivity index (χ3n) is 5.01. The topological polar surface area (TPSA) is 79.0 Å². The Morgan fingerprint density at radius 2 is 1.61 bits per heavy atom. The van der Waals surface area contributed by atoms with Crippen molar-refractivity contribution in [3.8, 4) is 0 Å². The van der Waals surface area contributed by atoms with Crippen LogP contribution in [0.5, 0.6) is 0 Å². The summed E-state index contributed by atoms with van der Waals surface area (Å²) < 4.78 is 32.7. The first-order chi connectivity index (χ1) is 14.6. The standard InChI is InChI=1S/C23H31N3O4S/c1-23(2,3)30-18-20-9-7-8-19(16-20)17-24-22(27)25-12-14-26(15-13-25)31(28,29)21-10-5-4-6-11-21/h4-11,16H,12-15,17-18H2,1-3H3,(H,24,27). The summed E-state index contributed by atoms with van der Waals surface area (Å²) in [6.07, 6.45) is 0. The maximum Gasteiger partial charge on any atom is 0.317 e. The highest BCUT2D eigenvalue weighted by Crippen LogP contribution is 2.17. The molecule has 1 aliphatic heterocycles. The molecule has 0 radical (unpaired) electrons. The Kier molecular flexibility index (Phi) is 7.35. The van der Waals surface area contributed by atoms with Gasteiger partial charge < -0.3 is 15.0 Å². The first-order valence-electron chi connectivity index (χ1n) is 10.4. The zero-order valence-corrected chi connectivity index (χ0v) is 19.2. The van der Waals surface area contributed by atoms with Crippen molar-refractivity contribution in [2.45, 2.75) is 44.4 Å². The number of rotatable bonds is 6. The van der Waals surface area contributed by atoms with Crippen molar-refractivity contribution in [3.63, 3.8) is 0 Å². The molecule has 0 aromatic heterocycles. The molecule has 31 heavy (non-hydrogen) atoms. The van der Waals surface area contributed by atoms with Crippen LogP contribution in [-0.2, 0) is 27.9 Å². The summed E-state index contributed by atoms with van der Waals surface area (Å²) in [5.41, 5.74) is 1.84. The van der Waals surface area contributed by atoms with E-state index in [2.05, 4.69) is 5.32 Å². The van der Waals surface area contributed by atoms with Gasteiger partial charge in [0.15, 0.2) is 0 Å². The van der Waals surface area contributed by atoms with Crippen LogP contribution in [0.25, 0.3) is 0 Å². The molecular weight excluding hydrogens is 414 g/mol. The summed E-state index contributed by atoms with van der Waals surface area (Å²) in [7, 11) is -3.52. The van der Waals surface area contributed by atoms with Crippen LogP contribution in [0.3, 0.4) is 0 Å². The van der Waals surface area contributed by atoms with Crippen molar-refractivity contribution in [2.24, 2.45) is 0 Å². The first-order valence-corrected chi connectivity index (χ1v) is 11.9. The van der Waals surface area contributed by atoms with Gasteiger partial charge in [0, 0.05) is 32.7 Å². The van der Waals surface area contributed by atoms with Crippen LogP contribution in [0, 0.1) is 0 Å². The van der Waals surface area contributed by atoms with E-state index in [0.717, 1.165) is 11.1 Å². The molecule has 1 N–H and O–H groups in total. The van der Waals surface area contributed by atoms with Crippen molar-refractivity contribution in [2.75, 3.05) is 26.2 Å². The van der Waals surface area contributed by atoms with Gasteiger partial charge in [-0.05, 0) is 44.0 Å². The molecule has 7 nitrogen and oxygen atoms in total. The lowest BCUT2D eigenvalue weighted by molar-refractivity contribution is -0.0149. The number of amides is 2. The molecule has 0 saturated carbocycles. The van der Waals surface area contributed by atoms with E-state index < -0.39 is 10.0 Å². The van der Waals surface area contributed by atoms with Gasteiger partial charge in [-0.2, -0.15) is 4.31 Å². The number of hydrogen-bond acceptors (Lipinski definition) is 4. The van der Waals surface area contributed by atoms with Gasteiger partial charge in [0.2, 0.25) is 10.0 Å². The molecule has 0 atom stereocenters. The largest absolute Gasteiger partial charge is 0.371 e. The summed E-state index contributed by atoms with van der Waals surface area (Å²) in [5, 5.41) is 2.93. The second-order valence-corrected chi connectivity index (χ2v) is 10.5. The SMILES string of the molecule is CC(C)(C)OCc1cccc(CNC(=O)N2CCN(S(=O)(=O)c3ccccc3)CC2)c1. The van der Waals surface area contributed by atoms with E-state index in [1.54, 1.807) is 35.2 Å². The average molecular weight is 446 g/mol. The summed E-state index contributed by atoms with van der Waals surface area (Å²) in [5.74, 6) is 0. The van der Waals surface area contributed by atoms with Crippen LogP contribution in [0.4, 0.5) is 4.79 Å². The lowest BCUT2D eigenvalue weighted by Gasteiger charge is -2.34. The zero-order valence-electron chi connectivity index (χ0n) is 18.4. The number of carbonyl (C=O) groups is 1. The Labute approximate surface area is 185 Å². The molecule has 168 valence electrons. The number of carbonyl (C=O) groups excluding carboxylic acids is 1. The second-order valence-electron chi connectivity index (χ2n) is 8.58. The monoisotopic (exact) mass is 445 g/mol. The van der Waals surface area contributed by atoms with E-state index in [1.165, 1.54) is 4.31 Å². The fraction of sp³-hybridized carbons (Fsp3) is 0.435. The van der Waals surface area contributed by atoms with Gasteiger partial charge in [0.1, 0.15) is 0 Å². The van der Waals surface area contributed by atoms with E-state index in [4.69, 9.17) is 4.74 Å². The van der Waals surface area contributed by atoms with Crippen LogP contribution in [-0.4, -0.2) is 55.4 Å². The Balaban J connectivity index is 1.50. The molecule has 2 aromatic rings. The van der Waals surface area contributed by atoms with Crippen LogP contribution in [0.2, 0.25) is 0 Å². The van der Waals surface area contributed by atoms with Crippen molar-refractivity contribution in [1.82, 2.24) is 14.5 Å². The number of hydrogen-bond donors (Lipinski definition) is 1. The van der Waals surface area contributed by atoms with E-state index >= 15 is 0 Å². The number of ether oxygens (including phenoxy) is 1. The smallest absolute Gasteiger partial charge is 0.317 e. The predicted octanol–water partition coefficient (Wildman–Crippen LogP) is 3.22. The zero-order chi connectivity index (χ0) is 22.5. The minimum absolute atomic E-state index is 0.187. The fourth-order valence-corrected chi connectivity index (χ4v) is 4.74. The summed E-state index contributed by atoms with van der Waals surface area (Å²) in [4.78, 5) is 14.5. The minimum Gasteiger partial charge on any atom is -0.371 e. The molecule has 0 aliphatic carbocycles. The highest BCUT2D eigenvalue weighted by molar-refractivity contribution is 7.89. The molecule has 3 rings (SSSR count). The fourth-order valence-electron chi connectivity index (χ4n) is 3.29. The average Bonchev–Trinajstić information content (AvgIpc) is 2.76. The quantitative estimate of drug-likeness (QED) is 0.741. The molecule has 2 aromatic carbocycles. The van der Waals surface area contributed by atoms with Gasteiger partial charge in [-0.15, -0.1) is 0 Å². The third kappa shape index (κ3) is 6.53. The highest BCUT2D eigenvalue weighted by atomic mass is 32.2. The predicted molar refractivity (Wildman–Crippen MR) is 120 cm³/mol. The highest BCUT2D eigenvalue weighted by Gasteiger charge is 2.29. The van der Waals surface area contributed by atoms with E-state index in [0.29, 0.717) is 26.2 Å². The first kappa shape index (κ1) is 23.2. The van der Waals surface area contributed by atoms with Crippen molar-refractivity contribution in [3.05, 3.63) is 65.7 Å². The van der Waals surface area contributed by atoms with Crippen molar-refractivity contribution >= 4 is 16.1 Å². The van der Waals surface area contributed by atoms with Crippen LogP contribution in [0.1, 0.15) is 31.9 Å². The number of nitrogens with one attached hydrogen (secondary N) is 1. The van der Waals surface area contributed by atoms with E-state index in [9.17, 15) is 13.2 Å². The lowest BCUT2D eigenvalue weighted by atomic mass is 10.1. The van der Waals surface area contributed by atoms with Crippen molar-refractivity contribution < 1.29 is 17.9 Å². The Morgan fingerprint density at radius 1 is 0.968 bits per heavy atom. The van der Waals surface area contributed by atoms with E-state index in [-0.39, 0.29) is 29.6 Å². The molecular formula is C23H31N3O4S. The summed E-state index contributed by atoms with van der Waals surface area (Å²) in [6.45, 7) is 8.25. The number of urea groups is 1. The maximum absolute atomic E-state index is 12.7. The van der Waals surface area contributed by atoms with Crippen LogP contribution >= 0.6 is 0 Å². The normalized spacial score (nSPS) is 15.6. The molecule has 8 heteroatoms. The van der Waals surface area contributed by atoms with Crippen LogP contribution in [0.15, 0.2) is 59.5 Å². The Morgan fingerprint density at radius 3 is 2.26 bits per heavy atom. The third-order valence-corrected chi connectivity index (χ3v) is 6.93. The van der Waals surface area contributed by atoms with Crippen molar-refractivity contribution in [1.29, 1.82) is 0 Å². The van der Waals surface area contributed by atoms with Gasteiger partial charge in [0.25, 0.3) is 0 Å².